The molecule has 8 N–H and O–H groups in total. The maximum atomic E-state index is 11.9. The molecule has 2 rings (SSSR count). The molecule has 0 aliphatic rings. The number of azo groups is 1. The van der Waals surface area contributed by atoms with Crippen LogP contribution in [0.5, 0.6) is 5.88 Å². The number of carbonyl (C=O) groups excluding carboxylic acids is 1. The van der Waals surface area contributed by atoms with Crippen molar-refractivity contribution in [1.29, 1.82) is 0 Å². The number of nitrogen functional groups attached to an aromatic ring is 1. The van der Waals surface area contributed by atoms with Gasteiger partial charge in [0, 0.05) is 4.90 Å². The van der Waals surface area contributed by atoms with E-state index in [0.29, 0.717) is 12.0 Å². The molecule has 0 saturated heterocycles. The third kappa shape index (κ3) is 4.39. The van der Waals surface area contributed by atoms with E-state index in [4.69, 9.17) is 16.7 Å². The Morgan fingerprint density at radius 2 is 1.96 bits per heavy atom. The maximum Gasteiger partial charge on any atom is 0.338 e. The molecule has 1 aromatic heterocycles. The van der Waals surface area contributed by atoms with Crippen molar-refractivity contribution in [2.75, 3.05) is 5.73 Å². The maximum absolute atomic E-state index is 11.9. The molecule has 27 heavy (non-hydrogen) atoms. The molecule has 0 aliphatic carbocycles. The third-order valence-electron chi connectivity index (χ3n) is 3.07. The SMILES string of the molecule is NC(=O)c1c(O)[nH]c(=O)c(N=Nc2ccc(SOOO)cc2C(=O)O)c1N. The van der Waals surface area contributed by atoms with Gasteiger partial charge in [0.15, 0.2) is 5.69 Å². The van der Waals surface area contributed by atoms with Crippen LogP contribution in [0.1, 0.15) is 20.7 Å². The number of aromatic hydroxyl groups is 1. The van der Waals surface area contributed by atoms with Crippen molar-refractivity contribution in [2.24, 2.45) is 16.0 Å². The molecule has 1 heterocycles. The number of pyridine rings is 1. The lowest BCUT2D eigenvalue weighted by Crippen LogP contribution is -2.18. The average molecular weight is 397 g/mol. The van der Waals surface area contributed by atoms with Crippen LogP contribution >= 0.6 is 12.0 Å². The van der Waals surface area contributed by atoms with Crippen LogP contribution < -0.4 is 17.0 Å². The normalized spacial score (nSPS) is 11.0. The van der Waals surface area contributed by atoms with E-state index in [9.17, 15) is 24.6 Å². The molecule has 0 fully saturated rings. The van der Waals surface area contributed by atoms with Crippen LogP contribution in [-0.2, 0) is 9.37 Å². The molecule has 0 aliphatic heterocycles. The van der Waals surface area contributed by atoms with Gasteiger partial charge in [-0.3, -0.25) is 14.6 Å². The number of carboxylic acids is 1. The molecule has 0 unspecified atom stereocenters. The highest BCUT2D eigenvalue weighted by molar-refractivity contribution is 7.94. The monoisotopic (exact) mass is 397 g/mol. The van der Waals surface area contributed by atoms with Gasteiger partial charge < -0.3 is 21.7 Å². The van der Waals surface area contributed by atoms with Gasteiger partial charge in [-0.05, 0) is 18.2 Å². The molecule has 0 radical (unpaired) electrons. The Labute approximate surface area is 153 Å². The number of aromatic amines is 1. The second-order valence-corrected chi connectivity index (χ2v) is 5.49. The molecule has 142 valence electrons. The molecule has 2 aromatic rings. The molecule has 1 aromatic carbocycles. The molecule has 0 saturated carbocycles. The molecule has 0 bridgehead atoms. The van der Waals surface area contributed by atoms with Crippen molar-refractivity contribution in [2.45, 2.75) is 4.90 Å². The van der Waals surface area contributed by atoms with Gasteiger partial charge in [0.05, 0.1) is 23.3 Å². The largest absolute Gasteiger partial charge is 0.494 e. The van der Waals surface area contributed by atoms with Crippen molar-refractivity contribution in [3.63, 3.8) is 0 Å². The molecule has 1 amide bonds. The summed E-state index contributed by atoms with van der Waals surface area (Å²) in [6.45, 7) is 0. The van der Waals surface area contributed by atoms with Crippen LogP contribution in [0.25, 0.3) is 0 Å². The quantitative estimate of drug-likeness (QED) is 0.170. The number of carboxylic acid groups (broad SMARTS) is 1. The third-order valence-corrected chi connectivity index (χ3v) is 3.65. The van der Waals surface area contributed by atoms with Crippen LogP contribution in [0.3, 0.4) is 0 Å². The number of carbonyl (C=O) groups is 2. The summed E-state index contributed by atoms with van der Waals surface area (Å²) < 4.78 is 4.20. The predicted octanol–water partition coefficient (Wildman–Crippen LogP) is 1.30. The Hall–Kier alpha value is -3.46. The van der Waals surface area contributed by atoms with E-state index in [0.717, 1.165) is 6.07 Å². The summed E-state index contributed by atoms with van der Waals surface area (Å²) in [5.41, 5.74) is 7.59. The first-order valence-electron chi connectivity index (χ1n) is 6.74. The summed E-state index contributed by atoms with van der Waals surface area (Å²) in [4.78, 5) is 36.7. The lowest BCUT2D eigenvalue weighted by Gasteiger charge is -2.06. The van der Waals surface area contributed by atoms with Crippen molar-refractivity contribution < 1.29 is 34.4 Å². The van der Waals surface area contributed by atoms with Crippen LogP contribution in [-0.4, -0.2) is 32.3 Å². The van der Waals surface area contributed by atoms with Gasteiger partial charge in [-0.1, -0.05) is 5.04 Å². The number of hydrogen-bond donors (Lipinski definition) is 6. The standard InChI is InChI=1S/C13H11N5O8S/c14-8-7(10(15)19)11(20)16-12(21)9(8)18-17-6-2-1-4(27-26-25-24)3-5(6)13(22)23/h1-3,24H,(H2,15,19)(H,22,23)(H4,14,16,20,21). The number of amides is 1. The second-order valence-electron chi connectivity index (χ2n) is 4.71. The summed E-state index contributed by atoms with van der Waals surface area (Å²) in [6, 6.07) is 3.74. The predicted molar refractivity (Wildman–Crippen MR) is 89.9 cm³/mol. The van der Waals surface area contributed by atoms with Crippen molar-refractivity contribution >= 4 is 41.0 Å². The summed E-state index contributed by atoms with van der Waals surface area (Å²) >= 11 is 0.525. The second kappa shape index (κ2) is 8.28. The van der Waals surface area contributed by atoms with E-state index in [2.05, 4.69) is 19.6 Å². The summed E-state index contributed by atoms with van der Waals surface area (Å²) in [5, 5.41) is 37.5. The highest BCUT2D eigenvalue weighted by Gasteiger charge is 2.19. The first kappa shape index (κ1) is 19.9. The van der Waals surface area contributed by atoms with Gasteiger partial charge in [-0.15, -0.1) is 14.6 Å². The van der Waals surface area contributed by atoms with E-state index >= 15 is 0 Å². The Morgan fingerprint density at radius 1 is 1.26 bits per heavy atom. The highest BCUT2D eigenvalue weighted by atomic mass is 32.2. The highest BCUT2D eigenvalue weighted by Crippen LogP contribution is 2.31. The van der Waals surface area contributed by atoms with E-state index in [-0.39, 0.29) is 16.1 Å². The zero-order chi connectivity index (χ0) is 20.1. The van der Waals surface area contributed by atoms with Crippen LogP contribution in [0.2, 0.25) is 0 Å². The van der Waals surface area contributed by atoms with E-state index < -0.39 is 40.3 Å². The summed E-state index contributed by atoms with van der Waals surface area (Å²) in [5.74, 6) is -3.32. The fourth-order valence-corrected chi connectivity index (χ4v) is 2.33. The molecule has 0 spiro atoms. The number of rotatable bonds is 7. The minimum atomic E-state index is -1.37. The van der Waals surface area contributed by atoms with Gasteiger partial charge in [0.1, 0.15) is 11.3 Å². The Kier molecular flexibility index (Phi) is 6.09. The van der Waals surface area contributed by atoms with Crippen LogP contribution in [0.15, 0.2) is 38.1 Å². The minimum Gasteiger partial charge on any atom is -0.494 e. The van der Waals surface area contributed by atoms with Gasteiger partial charge in [-0.2, -0.15) is 0 Å². The first-order valence-corrected chi connectivity index (χ1v) is 7.48. The number of nitrogens with one attached hydrogen (secondary N) is 1. The van der Waals surface area contributed by atoms with Gasteiger partial charge >= 0.3 is 5.97 Å². The van der Waals surface area contributed by atoms with Crippen LogP contribution in [0.4, 0.5) is 17.1 Å². The Morgan fingerprint density at radius 3 is 2.56 bits per heavy atom. The van der Waals surface area contributed by atoms with E-state index in [1.54, 1.807) is 0 Å². The number of nitrogens with zero attached hydrogens (tertiary/aromatic N) is 2. The number of benzene rings is 1. The van der Waals surface area contributed by atoms with E-state index in [1.807, 2.05) is 4.98 Å². The molecule has 0 atom stereocenters. The minimum absolute atomic E-state index is 0.163. The molecule has 14 heteroatoms. The first-order chi connectivity index (χ1) is 12.8. The summed E-state index contributed by atoms with van der Waals surface area (Å²) in [6.07, 6.45) is 0. The Bertz CT molecular complexity index is 989. The topological polar surface area (TPSA) is 223 Å². The van der Waals surface area contributed by atoms with Crippen molar-refractivity contribution in [1.82, 2.24) is 4.98 Å². The zero-order valence-corrected chi connectivity index (χ0v) is 13.9. The number of aromatic nitrogens is 1. The fourth-order valence-electron chi connectivity index (χ4n) is 1.93. The lowest BCUT2D eigenvalue weighted by atomic mass is 10.2. The van der Waals surface area contributed by atoms with Crippen LogP contribution in [0, 0.1) is 0 Å². The Balaban J connectivity index is 2.50. The number of hydrogen-bond acceptors (Lipinski definition) is 11. The van der Waals surface area contributed by atoms with Crippen molar-refractivity contribution in [3.8, 4) is 5.88 Å². The molecule has 13 nitrogen and oxygen atoms in total. The van der Waals surface area contributed by atoms with Gasteiger partial charge in [-0.25, -0.2) is 10.1 Å². The molecular weight excluding hydrogens is 386 g/mol. The van der Waals surface area contributed by atoms with Crippen molar-refractivity contribution in [3.05, 3.63) is 39.7 Å². The van der Waals surface area contributed by atoms with E-state index in [1.165, 1.54) is 12.1 Å². The number of H-pyrrole nitrogens is 1. The summed E-state index contributed by atoms with van der Waals surface area (Å²) in [7, 11) is 0. The lowest BCUT2D eigenvalue weighted by molar-refractivity contribution is -0.432. The zero-order valence-electron chi connectivity index (χ0n) is 13.1. The number of primary amides is 1. The van der Waals surface area contributed by atoms with Gasteiger partial charge in [0.2, 0.25) is 5.88 Å². The number of aromatic carboxylic acids is 1. The smallest absolute Gasteiger partial charge is 0.338 e. The number of nitrogens with two attached hydrogens (primary N) is 2. The van der Waals surface area contributed by atoms with Gasteiger partial charge in [0.25, 0.3) is 11.5 Å². The molecular formula is C13H11N5O8S. The number of anilines is 1. The average Bonchev–Trinajstić information content (AvgIpc) is 2.59. The fraction of sp³-hybridized carbons (Fsp3) is 0.